The third kappa shape index (κ3) is 4.12. The quantitative estimate of drug-likeness (QED) is 0.346. The van der Waals surface area contributed by atoms with Gasteiger partial charge in [0.1, 0.15) is 12.0 Å². The Balaban J connectivity index is 1.27. The first-order valence-electron chi connectivity index (χ1n) is 12.4. The number of aromatic nitrogens is 2. The minimum absolute atomic E-state index is 0.0750. The third-order valence-corrected chi connectivity index (χ3v) is 7.28. The van der Waals surface area contributed by atoms with Gasteiger partial charge < -0.3 is 10.6 Å². The lowest BCUT2D eigenvalue weighted by Crippen LogP contribution is -2.62. The normalized spacial score (nSPS) is 21.1. The Morgan fingerprint density at radius 2 is 1.81 bits per heavy atom. The fraction of sp³-hybridized carbons (Fsp3) is 0.250. The second-order valence-electron chi connectivity index (χ2n) is 9.71. The van der Waals surface area contributed by atoms with Crippen molar-refractivity contribution in [3.05, 3.63) is 89.1 Å². The first kappa shape index (κ1) is 23.2. The Bertz CT molecular complexity index is 1530. The highest BCUT2D eigenvalue weighted by molar-refractivity contribution is 6.06. The van der Waals surface area contributed by atoms with Crippen molar-refractivity contribution in [1.82, 2.24) is 25.8 Å². The molecule has 9 nitrogen and oxygen atoms in total. The number of carbonyl (C=O) groups is 2. The highest BCUT2D eigenvalue weighted by Gasteiger charge is 2.45. The summed E-state index contributed by atoms with van der Waals surface area (Å²) >= 11 is 0. The molecule has 4 aromatic rings. The number of aryl methyl sites for hydroxylation is 2. The summed E-state index contributed by atoms with van der Waals surface area (Å²) in [5.41, 5.74) is 8.01. The average Bonchev–Trinajstić information content (AvgIpc) is 3.48. The zero-order chi connectivity index (χ0) is 25.7. The van der Waals surface area contributed by atoms with Crippen molar-refractivity contribution in [3.63, 3.8) is 0 Å². The number of hydrogen-bond donors (Lipinski definition) is 4. The fourth-order valence-electron chi connectivity index (χ4n) is 5.15. The molecular formula is C28H29N7O2. The van der Waals surface area contributed by atoms with Crippen molar-refractivity contribution in [2.75, 3.05) is 16.9 Å². The Labute approximate surface area is 214 Å². The number of benzene rings is 3. The monoisotopic (exact) mass is 495 g/mol. The number of nitrogens with one attached hydrogen (secondary N) is 4. The molecule has 0 saturated carbocycles. The Kier molecular flexibility index (Phi) is 5.66. The van der Waals surface area contributed by atoms with Crippen molar-refractivity contribution in [2.24, 2.45) is 5.92 Å². The van der Waals surface area contributed by atoms with Gasteiger partial charge in [0.2, 0.25) is 5.91 Å². The molecule has 188 valence electrons. The number of anilines is 2. The summed E-state index contributed by atoms with van der Waals surface area (Å²) < 4.78 is 1.63. The molecule has 3 unspecified atom stereocenters. The van der Waals surface area contributed by atoms with Crippen LogP contribution >= 0.6 is 0 Å². The average molecular weight is 496 g/mol. The highest BCUT2D eigenvalue weighted by Crippen LogP contribution is 2.31. The predicted molar refractivity (Wildman–Crippen MR) is 143 cm³/mol. The summed E-state index contributed by atoms with van der Waals surface area (Å²) in [6, 6.07) is 21.5. The van der Waals surface area contributed by atoms with E-state index in [0.717, 1.165) is 27.7 Å². The molecule has 37 heavy (non-hydrogen) atoms. The van der Waals surface area contributed by atoms with E-state index in [1.54, 1.807) is 10.7 Å². The molecule has 0 spiro atoms. The molecule has 9 heteroatoms. The second-order valence-corrected chi connectivity index (χ2v) is 9.71. The summed E-state index contributed by atoms with van der Waals surface area (Å²) in [6.07, 6.45) is -0.922. The Morgan fingerprint density at radius 3 is 2.65 bits per heavy atom. The lowest BCUT2D eigenvalue weighted by molar-refractivity contribution is -0.129. The zero-order valence-electron chi connectivity index (χ0n) is 20.9. The predicted octanol–water partition coefficient (Wildman–Crippen LogP) is 3.36. The summed E-state index contributed by atoms with van der Waals surface area (Å²) in [5, 5.41) is 18.2. The molecule has 2 fully saturated rings. The van der Waals surface area contributed by atoms with E-state index in [0.29, 0.717) is 17.9 Å². The minimum Gasteiger partial charge on any atom is -0.321 e. The van der Waals surface area contributed by atoms with E-state index < -0.39 is 6.29 Å². The number of amides is 2. The van der Waals surface area contributed by atoms with Crippen molar-refractivity contribution < 1.29 is 9.59 Å². The SMILES string of the molecule is Cc1cc(NC(=O)c2ccc3ccccc3c2)n(C2NC(=O)C3CNN(c4cccc(C)c4C)C3N2)n1. The summed E-state index contributed by atoms with van der Waals surface area (Å²) in [5.74, 6) is -0.0971. The largest absolute Gasteiger partial charge is 0.321 e. The Hall–Kier alpha value is -4.21. The van der Waals surface area contributed by atoms with Crippen molar-refractivity contribution in [3.8, 4) is 0 Å². The van der Waals surface area contributed by atoms with E-state index >= 15 is 0 Å². The van der Waals surface area contributed by atoms with Gasteiger partial charge >= 0.3 is 0 Å². The molecule has 3 aromatic carbocycles. The highest BCUT2D eigenvalue weighted by atomic mass is 16.2. The smallest absolute Gasteiger partial charge is 0.256 e. The number of carbonyl (C=O) groups excluding carboxylic acids is 2. The third-order valence-electron chi connectivity index (χ3n) is 7.28. The van der Waals surface area contributed by atoms with Crippen molar-refractivity contribution in [2.45, 2.75) is 33.2 Å². The molecule has 0 bridgehead atoms. The van der Waals surface area contributed by atoms with Crippen LogP contribution < -0.4 is 26.4 Å². The van der Waals surface area contributed by atoms with Gasteiger partial charge in [0.15, 0.2) is 6.29 Å². The number of rotatable bonds is 4. The van der Waals surface area contributed by atoms with E-state index in [1.165, 1.54) is 5.56 Å². The maximum absolute atomic E-state index is 13.2. The number of hydrazine groups is 1. The van der Waals surface area contributed by atoms with Crippen molar-refractivity contribution >= 4 is 34.1 Å². The van der Waals surface area contributed by atoms with E-state index in [2.05, 4.69) is 46.4 Å². The van der Waals surface area contributed by atoms with Gasteiger partial charge in [-0.3, -0.25) is 19.9 Å². The molecule has 6 rings (SSSR count). The van der Waals surface area contributed by atoms with Gasteiger partial charge in [-0.15, -0.1) is 0 Å². The van der Waals surface area contributed by atoms with Crippen LogP contribution in [-0.2, 0) is 4.79 Å². The first-order chi connectivity index (χ1) is 17.9. The van der Waals surface area contributed by atoms with E-state index in [-0.39, 0.29) is 23.9 Å². The molecule has 3 atom stereocenters. The summed E-state index contributed by atoms with van der Waals surface area (Å²) in [6.45, 7) is 6.53. The molecule has 0 radical (unpaired) electrons. The maximum atomic E-state index is 13.2. The van der Waals surface area contributed by atoms with E-state index in [9.17, 15) is 9.59 Å². The van der Waals surface area contributed by atoms with Gasteiger partial charge in [-0.1, -0.05) is 42.5 Å². The van der Waals surface area contributed by atoms with Gasteiger partial charge in [0.25, 0.3) is 5.91 Å². The topological polar surface area (TPSA) is 103 Å². The number of nitrogens with zero attached hydrogens (tertiary/aromatic N) is 3. The minimum atomic E-state index is -0.637. The molecule has 0 aliphatic carbocycles. The van der Waals surface area contributed by atoms with Crippen LogP contribution in [0.1, 0.15) is 33.5 Å². The van der Waals surface area contributed by atoms with Crippen LogP contribution in [0.5, 0.6) is 0 Å². The van der Waals surface area contributed by atoms with Gasteiger partial charge in [-0.25, -0.2) is 10.1 Å². The second kappa shape index (κ2) is 9.02. The fourth-order valence-corrected chi connectivity index (χ4v) is 5.15. The Morgan fingerprint density at radius 1 is 1.00 bits per heavy atom. The summed E-state index contributed by atoms with van der Waals surface area (Å²) in [4.78, 5) is 26.3. The zero-order valence-corrected chi connectivity index (χ0v) is 20.9. The molecular weight excluding hydrogens is 466 g/mol. The van der Waals surface area contributed by atoms with Crippen LogP contribution in [0.4, 0.5) is 11.5 Å². The molecule has 4 N–H and O–H groups in total. The van der Waals surface area contributed by atoms with E-state index in [1.807, 2.05) is 66.5 Å². The molecule has 2 saturated heterocycles. The van der Waals surface area contributed by atoms with Gasteiger partial charge in [0.05, 0.1) is 17.3 Å². The first-order valence-corrected chi connectivity index (χ1v) is 12.4. The molecule has 2 aliphatic heterocycles. The van der Waals surface area contributed by atoms with Crippen LogP contribution in [0.25, 0.3) is 10.8 Å². The van der Waals surface area contributed by atoms with Crippen molar-refractivity contribution in [1.29, 1.82) is 0 Å². The summed E-state index contributed by atoms with van der Waals surface area (Å²) in [7, 11) is 0. The van der Waals surface area contributed by atoms with Crippen LogP contribution in [0.15, 0.2) is 66.7 Å². The van der Waals surface area contributed by atoms with E-state index in [4.69, 9.17) is 0 Å². The van der Waals surface area contributed by atoms with Crippen LogP contribution in [-0.4, -0.2) is 34.3 Å². The number of fused-ring (bicyclic) bond motifs is 2. The van der Waals surface area contributed by atoms with Gasteiger partial charge in [0, 0.05) is 18.2 Å². The lowest BCUT2D eigenvalue weighted by Gasteiger charge is -2.38. The van der Waals surface area contributed by atoms with Crippen LogP contribution in [0.3, 0.4) is 0 Å². The lowest BCUT2D eigenvalue weighted by atomic mass is 10.0. The van der Waals surface area contributed by atoms with Crippen LogP contribution in [0, 0.1) is 26.7 Å². The molecule has 2 aliphatic rings. The standard InChI is InChI=1S/C28H29N7O2/c1-16-7-6-10-23(18(16)3)34-25-22(15-29-34)27(37)32-28(31-25)35-24(13-17(2)33-35)30-26(36)21-12-11-19-8-4-5-9-20(19)14-21/h4-14,22,25,28-29,31H,15H2,1-3H3,(H,30,36)(H,32,37). The van der Waals surface area contributed by atoms with Crippen LogP contribution in [0.2, 0.25) is 0 Å². The molecule has 3 heterocycles. The maximum Gasteiger partial charge on any atom is 0.256 e. The number of hydrogen-bond acceptors (Lipinski definition) is 6. The van der Waals surface area contributed by atoms with Gasteiger partial charge in [-0.05, 0) is 60.9 Å². The molecule has 2 amide bonds. The van der Waals surface area contributed by atoms with Gasteiger partial charge in [-0.2, -0.15) is 5.10 Å². The molecule has 1 aromatic heterocycles.